The fourth-order valence-corrected chi connectivity index (χ4v) is 3.85. The van der Waals surface area contributed by atoms with Gasteiger partial charge < -0.3 is 23.9 Å². The minimum atomic E-state index is -4.60. The van der Waals surface area contributed by atoms with Crippen LogP contribution in [0.15, 0.2) is 0 Å². The first-order valence-corrected chi connectivity index (χ1v) is 14.0. The second-order valence-electron chi connectivity index (χ2n) is 7.84. The van der Waals surface area contributed by atoms with Crippen LogP contribution in [-0.4, -0.2) is 54.3 Å². The van der Waals surface area contributed by atoms with E-state index < -0.39 is 22.8 Å². The molecule has 0 heterocycles. The van der Waals surface area contributed by atoms with Gasteiger partial charge in [0.2, 0.25) is 0 Å². The number of rotatable bonds is 23. The van der Waals surface area contributed by atoms with Gasteiger partial charge in [0.05, 0.1) is 6.61 Å². The van der Waals surface area contributed by atoms with Gasteiger partial charge in [-0.3, -0.25) is 9.09 Å². The van der Waals surface area contributed by atoms with Gasteiger partial charge in [-0.15, -0.1) is 0 Å². The number of nitrogens with zero attached hydrogens (tertiary/aromatic N) is 1. The van der Waals surface area contributed by atoms with E-state index in [0.717, 1.165) is 19.3 Å². The maximum atomic E-state index is 11.2. The van der Waals surface area contributed by atoms with Crippen LogP contribution in [-0.2, 0) is 22.9 Å². The highest BCUT2D eigenvalue weighted by Gasteiger charge is 2.23. The molecule has 0 saturated carbocycles. The Morgan fingerprint density at radius 2 is 1.40 bits per heavy atom. The first kappa shape index (κ1) is 30.2. The van der Waals surface area contributed by atoms with Crippen molar-refractivity contribution in [3.63, 3.8) is 0 Å². The molecule has 2 atom stereocenters. The lowest BCUT2D eigenvalue weighted by Crippen LogP contribution is -2.28. The lowest BCUT2D eigenvalue weighted by Gasteiger charge is -2.22. The molecule has 182 valence electrons. The van der Waals surface area contributed by atoms with Crippen LogP contribution in [0.4, 0.5) is 0 Å². The van der Waals surface area contributed by atoms with Crippen LogP contribution in [0.25, 0.3) is 0 Å². The minimum absolute atomic E-state index is 0.337. The molecule has 2 N–H and O–H groups in total. The summed E-state index contributed by atoms with van der Waals surface area (Å²) in [6.45, 7) is 4.14. The zero-order valence-electron chi connectivity index (χ0n) is 19.0. The summed E-state index contributed by atoms with van der Waals surface area (Å²) in [5.74, 6) is 0. The van der Waals surface area contributed by atoms with Crippen molar-refractivity contribution < 1.29 is 32.7 Å². The maximum Gasteiger partial charge on any atom is 0.471 e. The predicted molar refractivity (Wildman–Crippen MR) is 122 cm³/mol. The quantitative estimate of drug-likeness (QED) is 0.119. The van der Waals surface area contributed by atoms with Gasteiger partial charge in [0, 0.05) is 26.1 Å². The number of unbranched alkanes of at least 4 members (excludes halogenated alkanes) is 11. The second-order valence-corrected chi connectivity index (χ2v) is 9.56. The Bertz CT molecular complexity index is 437. The van der Waals surface area contributed by atoms with Crippen LogP contribution in [0, 0.1) is 0 Å². The van der Waals surface area contributed by atoms with Gasteiger partial charge in [-0.25, -0.2) is 4.57 Å². The SMILES string of the molecule is CCCCCCCCCCCCCCOC(CCN(C)CCO[PH2]=O)OP(=O)(O)O. The van der Waals surface area contributed by atoms with Crippen molar-refractivity contribution in [3.05, 3.63) is 0 Å². The first-order valence-electron chi connectivity index (χ1n) is 11.5. The molecule has 10 heteroatoms. The molecule has 0 aromatic carbocycles. The highest BCUT2D eigenvalue weighted by molar-refractivity contribution is 7.46. The highest BCUT2D eigenvalue weighted by Crippen LogP contribution is 2.38. The largest absolute Gasteiger partial charge is 0.471 e. The first-order chi connectivity index (χ1) is 14.4. The molecule has 0 rings (SSSR count). The Hall–Kier alpha value is 0.220. The van der Waals surface area contributed by atoms with E-state index in [2.05, 4.69) is 6.92 Å². The molecule has 0 spiro atoms. The molecule has 0 radical (unpaired) electrons. The van der Waals surface area contributed by atoms with Gasteiger partial charge in [-0.2, -0.15) is 0 Å². The van der Waals surface area contributed by atoms with E-state index in [9.17, 15) is 9.13 Å². The predicted octanol–water partition coefficient (Wildman–Crippen LogP) is 5.15. The fraction of sp³-hybridized carbons (Fsp3) is 1.00. The molecule has 0 amide bonds. The second kappa shape index (κ2) is 21.1. The van der Waals surface area contributed by atoms with Crippen molar-refractivity contribution in [2.75, 3.05) is 33.4 Å². The van der Waals surface area contributed by atoms with E-state index in [0.29, 0.717) is 32.7 Å². The summed E-state index contributed by atoms with van der Waals surface area (Å²) in [4.78, 5) is 20.1. The van der Waals surface area contributed by atoms with E-state index >= 15 is 0 Å². The molecule has 0 saturated heterocycles. The Morgan fingerprint density at radius 3 is 1.90 bits per heavy atom. The molecule has 0 aliphatic rings. The Labute approximate surface area is 184 Å². The van der Waals surface area contributed by atoms with Crippen molar-refractivity contribution in [3.8, 4) is 0 Å². The number of likely N-dealkylation sites (N-methyl/N-ethyl adjacent to an activating group) is 1. The molecule has 30 heavy (non-hydrogen) atoms. The maximum absolute atomic E-state index is 11.2. The summed E-state index contributed by atoms with van der Waals surface area (Å²) in [5, 5.41) is 0. The number of hydrogen-bond donors (Lipinski definition) is 2. The summed E-state index contributed by atoms with van der Waals surface area (Å²) in [7, 11) is -3.96. The zero-order valence-corrected chi connectivity index (χ0v) is 21.1. The van der Waals surface area contributed by atoms with Crippen molar-refractivity contribution >= 4 is 16.5 Å². The summed E-state index contributed by atoms with van der Waals surface area (Å²) in [6.07, 6.45) is 14.4. The third-order valence-electron chi connectivity index (χ3n) is 4.96. The zero-order chi connectivity index (χ0) is 22.5. The van der Waals surface area contributed by atoms with Crippen LogP contribution >= 0.6 is 16.5 Å². The van der Waals surface area contributed by atoms with Crippen LogP contribution < -0.4 is 0 Å². The molecule has 0 aromatic heterocycles. The average molecular weight is 474 g/mol. The molecule has 2 unspecified atom stereocenters. The molecule has 0 fully saturated rings. The summed E-state index contributed by atoms with van der Waals surface area (Å²) in [6, 6.07) is 0. The van der Waals surface area contributed by atoms with E-state index in [1.54, 1.807) is 0 Å². The van der Waals surface area contributed by atoms with Gasteiger partial charge >= 0.3 is 7.82 Å². The van der Waals surface area contributed by atoms with Crippen LogP contribution in [0.1, 0.15) is 90.4 Å². The van der Waals surface area contributed by atoms with Crippen molar-refractivity contribution in [1.82, 2.24) is 4.90 Å². The molecular weight excluding hydrogens is 428 g/mol. The lowest BCUT2D eigenvalue weighted by molar-refractivity contribution is -0.0998. The lowest BCUT2D eigenvalue weighted by atomic mass is 10.1. The monoisotopic (exact) mass is 473 g/mol. The van der Waals surface area contributed by atoms with Gasteiger partial charge in [0.15, 0.2) is 15.0 Å². The fourth-order valence-electron chi connectivity index (χ4n) is 3.17. The summed E-state index contributed by atoms with van der Waals surface area (Å²) < 4.78 is 36.7. The Kier molecular flexibility index (Phi) is 21.2. The van der Waals surface area contributed by atoms with E-state index in [1.165, 1.54) is 57.8 Å². The van der Waals surface area contributed by atoms with Gasteiger partial charge in [0.1, 0.15) is 0 Å². The molecule has 0 aliphatic heterocycles. The van der Waals surface area contributed by atoms with Gasteiger partial charge in [0.25, 0.3) is 0 Å². The van der Waals surface area contributed by atoms with Gasteiger partial charge in [-0.1, -0.05) is 77.6 Å². The number of hydrogen-bond acceptors (Lipinski definition) is 6. The highest BCUT2D eigenvalue weighted by atomic mass is 31.2. The van der Waals surface area contributed by atoms with E-state index in [1.807, 2.05) is 11.9 Å². The standard InChI is InChI=1S/C20H45NO7P2/c1-3-4-5-6-7-8-9-10-11-12-13-14-18-26-20(28-30(23,24)25)15-16-21(2)17-19-27-29-22/h20H,3-19,29H2,1-2H3,(H2,23,24,25). The third-order valence-corrected chi connectivity index (χ3v) is 5.84. The molecular formula is C20H45NO7P2. The van der Waals surface area contributed by atoms with E-state index in [4.69, 9.17) is 23.6 Å². The number of phosphoric acid groups is 1. The van der Waals surface area contributed by atoms with Gasteiger partial charge in [-0.05, 0) is 13.5 Å². The van der Waals surface area contributed by atoms with Crippen LogP contribution in [0.2, 0.25) is 0 Å². The summed E-state index contributed by atoms with van der Waals surface area (Å²) >= 11 is 0. The van der Waals surface area contributed by atoms with Crippen molar-refractivity contribution in [2.24, 2.45) is 0 Å². The normalized spacial score (nSPS) is 13.6. The molecule has 0 aliphatic carbocycles. The molecule has 0 bridgehead atoms. The Balaban J connectivity index is 3.77. The molecule has 8 nitrogen and oxygen atoms in total. The minimum Gasteiger partial charge on any atom is -0.352 e. The topological polar surface area (TPSA) is 106 Å². The van der Waals surface area contributed by atoms with Crippen LogP contribution in [0.3, 0.4) is 0 Å². The smallest absolute Gasteiger partial charge is 0.352 e. The van der Waals surface area contributed by atoms with Crippen molar-refractivity contribution in [2.45, 2.75) is 96.7 Å². The number of ether oxygens (including phenoxy) is 1. The van der Waals surface area contributed by atoms with E-state index in [-0.39, 0.29) is 0 Å². The summed E-state index contributed by atoms with van der Waals surface area (Å²) in [5.41, 5.74) is 0. The molecule has 0 aromatic rings. The van der Waals surface area contributed by atoms with Crippen LogP contribution in [0.5, 0.6) is 0 Å². The number of phosphoric ester groups is 1. The van der Waals surface area contributed by atoms with Crippen molar-refractivity contribution in [1.29, 1.82) is 0 Å². The Morgan fingerprint density at radius 1 is 0.867 bits per heavy atom. The average Bonchev–Trinajstić information content (AvgIpc) is 2.68. The third kappa shape index (κ3) is 22.9.